The lowest BCUT2D eigenvalue weighted by atomic mass is 10.1. The molecule has 0 saturated carbocycles. The highest BCUT2D eigenvalue weighted by Gasteiger charge is 2.14. The average molecular weight is 382 g/mol. The molecule has 0 radical (unpaired) electrons. The highest BCUT2D eigenvalue weighted by atomic mass is 16.5. The fourth-order valence-electron chi connectivity index (χ4n) is 3.12. The molecule has 1 aromatic heterocycles. The molecule has 148 valence electrons. The van der Waals surface area contributed by atoms with Gasteiger partial charge in [0.05, 0.1) is 18.9 Å². The van der Waals surface area contributed by atoms with Crippen molar-refractivity contribution in [2.24, 2.45) is 0 Å². The van der Waals surface area contributed by atoms with E-state index in [0.29, 0.717) is 18.2 Å². The summed E-state index contributed by atoms with van der Waals surface area (Å²) in [6, 6.07) is 9.60. The lowest BCUT2D eigenvalue weighted by Gasteiger charge is -2.26. The molecule has 0 bridgehead atoms. The third-order valence-corrected chi connectivity index (χ3v) is 4.74. The first-order valence-corrected chi connectivity index (χ1v) is 9.44. The Morgan fingerprint density at radius 1 is 1.29 bits per heavy atom. The molecule has 8 nitrogen and oxygen atoms in total. The Bertz CT molecular complexity index is 879. The Morgan fingerprint density at radius 2 is 2.00 bits per heavy atom. The topological polar surface area (TPSA) is 97.3 Å². The molecule has 0 spiro atoms. The van der Waals surface area contributed by atoms with Crippen LogP contribution in [0.5, 0.6) is 0 Å². The van der Waals surface area contributed by atoms with Gasteiger partial charge in [0.2, 0.25) is 5.95 Å². The second-order valence-electron chi connectivity index (χ2n) is 6.93. The molecule has 2 N–H and O–H groups in total. The maximum Gasteiger partial charge on any atom is 0.270 e. The summed E-state index contributed by atoms with van der Waals surface area (Å²) < 4.78 is 5.35. The van der Waals surface area contributed by atoms with Crippen molar-refractivity contribution in [3.8, 4) is 17.3 Å². The summed E-state index contributed by atoms with van der Waals surface area (Å²) in [5.74, 6) is 0.387. The summed E-state index contributed by atoms with van der Waals surface area (Å²) in [6.07, 6.45) is 0.927. The summed E-state index contributed by atoms with van der Waals surface area (Å²) in [5, 5.41) is 12.6. The van der Waals surface area contributed by atoms with Gasteiger partial charge in [0.15, 0.2) is 0 Å². The lowest BCUT2D eigenvalue weighted by molar-refractivity contribution is 0.0378. The van der Waals surface area contributed by atoms with Crippen molar-refractivity contribution in [1.82, 2.24) is 14.9 Å². The molecular weight excluding hydrogens is 356 g/mol. The van der Waals surface area contributed by atoms with Crippen LogP contribution in [-0.4, -0.2) is 68.4 Å². The van der Waals surface area contributed by atoms with Crippen molar-refractivity contribution >= 4 is 11.6 Å². The Labute approximate surface area is 164 Å². The molecule has 8 heteroatoms. The van der Waals surface area contributed by atoms with E-state index >= 15 is 0 Å². The number of ether oxygens (including phenoxy) is 1. The van der Waals surface area contributed by atoms with Crippen molar-refractivity contribution in [1.29, 1.82) is 5.26 Å². The zero-order valence-corrected chi connectivity index (χ0v) is 16.4. The summed E-state index contributed by atoms with van der Waals surface area (Å²) >= 11 is 0. The van der Waals surface area contributed by atoms with E-state index in [1.165, 1.54) is 0 Å². The van der Waals surface area contributed by atoms with Gasteiger partial charge in [-0.25, -0.2) is 4.98 Å². The predicted molar refractivity (Wildman–Crippen MR) is 110 cm³/mol. The molecule has 1 aromatic carbocycles. The molecule has 1 fully saturated rings. The number of nitrogens with zero attached hydrogens (tertiary/aromatic N) is 4. The molecule has 28 heavy (non-hydrogen) atoms. The first-order valence-electron chi connectivity index (χ1n) is 9.44. The van der Waals surface area contributed by atoms with Gasteiger partial charge in [-0.05, 0) is 25.1 Å². The third kappa shape index (κ3) is 4.88. The fraction of sp³-hybridized carbons (Fsp3) is 0.450. The maximum absolute atomic E-state index is 12.3. The van der Waals surface area contributed by atoms with E-state index < -0.39 is 5.56 Å². The summed E-state index contributed by atoms with van der Waals surface area (Å²) in [7, 11) is 3.92. The molecule has 2 aromatic rings. The Hall–Kier alpha value is -2.89. The number of nitriles is 1. The van der Waals surface area contributed by atoms with Gasteiger partial charge >= 0.3 is 0 Å². The molecule has 1 aliphatic heterocycles. The van der Waals surface area contributed by atoms with Crippen molar-refractivity contribution in [2.75, 3.05) is 63.7 Å². The second-order valence-corrected chi connectivity index (χ2v) is 6.93. The van der Waals surface area contributed by atoms with E-state index in [1.54, 1.807) is 0 Å². The Kier molecular flexibility index (Phi) is 6.63. The van der Waals surface area contributed by atoms with Gasteiger partial charge in [-0.3, -0.25) is 14.7 Å². The summed E-state index contributed by atoms with van der Waals surface area (Å²) in [4.78, 5) is 23.8. The molecule has 0 aliphatic carbocycles. The molecule has 0 atom stereocenters. The molecule has 2 heterocycles. The molecular formula is C20H26N6O2. The highest BCUT2D eigenvalue weighted by Crippen LogP contribution is 2.23. The molecule has 1 aliphatic rings. The normalized spacial score (nSPS) is 14.5. The minimum Gasteiger partial charge on any atom is -0.379 e. The predicted octanol–water partition coefficient (Wildman–Crippen LogP) is 1.51. The quantitative estimate of drug-likeness (QED) is 0.701. The number of benzene rings is 1. The first-order chi connectivity index (χ1) is 13.6. The minimum absolute atomic E-state index is 0.0245. The average Bonchev–Trinajstić information content (AvgIpc) is 2.71. The van der Waals surface area contributed by atoms with Crippen LogP contribution >= 0.6 is 0 Å². The van der Waals surface area contributed by atoms with Gasteiger partial charge in [0.25, 0.3) is 5.56 Å². The number of hydrogen-bond acceptors (Lipinski definition) is 7. The Morgan fingerprint density at radius 3 is 2.64 bits per heavy atom. The highest BCUT2D eigenvalue weighted by molar-refractivity contribution is 5.69. The number of anilines is 2. The minimum atomic E-state index is -0.431. The van der Waals surface area contributed by atoms with E-state index in [-0.39, 0.29) is 5.56 Å². The van der Waals surface area contributed by atoms with Crippen LogP contribution in [0.1, 0.15) is 12.0 Å². The summed E-state index contributed by atoms with van der Waals surface area (Å²) in [6.45, 7) is 5.14. The van der Waals surface area contributed by atoms with E-state index in [2.05, 4.69) is 20.2 Å². The molecule has 0 amide bonds. The van der Waals surface area contributed by atoms with Gasteiger partial charge in [0.1, 0.15) is 11.6 Å². The maximum atomic E-state index is 12.3. The van der Waals surface area contributed by atoms with E-state index in [1.807, 2.05) is 49.3 Å². The van der Waals surface area contributed by atoms with Gasteiger partial charge in [-0.2, -0.15) is 5.26 Å². The standard InChI is InChI=1S/C20H26N6O2/c1-25(2)16-6-4-15(5-7-16)18-17(14-21)19(27)24-20(23-18)22-8-3-9-26-10-12-28-13-11-26/h4-7H,3,8-13H2,1-2H3,(H2,22,23,24,27). The number of nitrogens with one attached hydrogen (secondary N) is 2. The SMILES string of the molecule is CN(C)c1ccc(-c2nc(NCCCN3CCOCC3)[nH]c(=O)c2C#N)cc1. The van der Waals surface area contributed by atoms with Crippen LogP contribution in [0.3, 0.4) is 0 Å². The monoisotopic (exact) mass is 382 g/mol. The number of morpholine rings is 1. The van der Waals surface area contributed by atoms with Crippen molar-refractivity contribution < 1.29 is 4.74 Å². The number of rotatable bonds is 7. The smallest absolute Gasteiger partial charge is 0.270 e. The second kappa shape index (κ2) is 9.35. The third-order valence-electron chi connectivity index (χ3n) is 4.74. The van der Waals surface area contributed by atoms with Crippen molar-refractivity contribution in [3.05, 3.63) is 40.2 Å². The summed E-state index contributed by atoms with van der Waals surface area (Å²) in [5.41, 5.74) is 1.77. The van der Waals surface area contributed by atoms with Crippen LogP contribution in [0.25, 0.3) is 11.3 Å². The zero-order chi connectivity index (χ0) is 19.9. The largest absolute Gasteiger partial charge is 0.379 e. The van der Waals surface area contributed by atoms with Crippen molar-refractivity contribution in [2.45, 2.75) is 6.42 Å². The molecule has 3 rings (SSSR count). The Balaban J connectivity index is 1.71. The van der Waals surface area contributed by atoms with Crippen LogP contribution in [0.4, 0.5) is 11.6 Å². The van der Waals surface area contributed by atoms with Crippen LogP contribution in [0.15, 0.2) is 29.1 Å². The van der Waals surface area contributed by atoms with Crippen molar-refractivity contribution in [3.63, 3.8) is 0 Å². The fourth-order valence-corrected chi connectivity index (χ4v) is 3.12. The van der Waals surface area contributed by atoms with Crippen LogP contribution < -0.4 is 15.8 Å². The van der Waals surface area contributed by atoms with Gasteiger partial charge in [-0.15, -0.1) is 0 Å². The van der Waals surface area contributed by atoms with Crippen LogP contribution in [-0.2, 0) is 4.74 Å². The van der Waals surface area contributed by atoms with Gasteiger partial charge in [-0.1, -0.05) is 12.1 Å². The number of hydrogen-bond donors (Lipinski definition) is 2. The van der Waals surface area contributed by atoms with Gasteiger partial charge in [0, 0.05) is 45.0 Å². The van der Waals surface area contributed by atoms with E-state index in [4.69, 9.17) is 4.74 Å². The van der Waals surface area contributed by atoms with E-state index in [9.17, 15) is 10.1 Å². The molecule has 1 saturated heterocycles. The van der Waals surface area contributed by atoms with Crippen LogP contribution in [0, 0.1) is 11.3 Å². The number of H-pyrrole nitrogens is 1. The number of aromatic amines is 1. The van der Waals surface area contributed by atoms with E-state index in [0.717, 1.165) is 50.5 Å². The van der Waals surface area contributed by atoms with Crippen LogP contribution in [0.2, 0.25) is 0 Å². The number of aromatic nitrogens is 2. The first kappa shape index (κ1) is 19.9. The molecule has 0 unspecified atom stereocenters. The van der Waals surface area contributed by atoms with Gasteiger partial charge < -0.3 is 15.0 Å². The lowest BCUT2D eigenvalue weighted by Crippen LogP contribution is -2.37. The zero-order valence-electron chi connectivity index (χ0n) is 16.4.